The molecule has 0 aliphatic carbocycles. The summed E-state index contributed by atoms with van der Waals surface area (Å²) < 4.78 is 12.7. The molecule has 0 spiro atoms. The molecular weight excluding hydrogens is 292 g/mol. The van der Waals surface area contributed by atoms with Crippen LogP contribution in [0.25, 0.3) is 11.4 Å². The summed E-state index contributed by atoms with van der Waals surface area (Å²) in [5.41, 5.74) is 2.34. The lowest BCUT2D eigenvalue weighted by molar-refractivity contribution is 0.0738. The van der Waals surface area contributed by atoms with E-state index < -0.39 is 0 Å². The normalized spacial score (nSPS) is 19.9. The van der Waals surface area contributed by atoms with Crippen molar-refractivity contribution >= 4 is 0 Å². The molecule has 4 rings (SSSR count). The second-order valence-electron chi connectivity index (χ2n) is 6.15. The number of hydrogen-bond donors (Lipinski definition) is 0. The molecule has 0 saturated carbocycles. The Labute approximate surface area is 136 Å². The van der Waals surface area contributed by atoms with Crippen molar-refractivity contribution in [3.8, 4) is 17.4 Å². The van der Waals surface area contributed by atoms with Crippen LogP contribution in [0.5, 0.6) is 6.01 Å². The van der Waals surface area contributed by atoms with E-state index in [1.165, 1.54) is 31.5 Å². The zero-order chi connectivity index (χ0) is 15.6. The number of aromatic nitrogens is 3. The summed E-state index contributed by atoms with van der Waals surface area (Å²) in [7, 11) is 0. The molecule has 1 unspecified atom stereocenters. The average molecular weight is 314 g/mol. The number of rotatable bonds is 3. The molecule has 2 aliphatic heterocycles. The Hall–Kier alpha value is -1.92. The van der Waals surface area contributed by atoms with Crippen molar-refractivity contribution in [1.29, 1.82) is 0 Å². The van der Waals surface area contributed by atoms with Gasteiger partial charge in [0.15, 0.2) is 5.82 Å². The van der Waals surface area contributed by atoms with E-state index in [9.17, 15) is 0 Å². The average Bonchev–Trinajstić information content (AvgIpc) is 3.21. The highest BCUT2D eigenvalue weighted by Crippen LogP contribution is 2.28. The summed E-state index contributed by atoms with van der Waals surface area (Å²) in [6.07, 6.45) is 2.60. The van der Waals surface area contributed by atoms with Gasteiger partial charge in [0.05, 0.1) is 6.61 Å². The summed E-state index contributed by atoms with van der Waals surface area (Å²) in [6, 6.07) is 9.48. The van der Waals surface area contributed by atoms with Gasteiger partial charge in [-0.1, -0.05) is 18.2 Å². The molecule has 0 bridgehead atoms. The topological polar surface area (TPSA) is 52.4 Å². The van der Waals surface area contributed by atoms with E-state index in [1.807, 2.05) is 0 Å². The molecule has 6 heteroatoms. The van der Waals surface area contributed by atoms with Gasteiger partial charge in [0.2, 0.25) is 0 Å². The predicted octanol–water partition coefficient (Wildman–Crippen LogP) is 2.47. The molecule has 0 radical (unpaired) electrons. The van der Waals surface area contributed by atoms with E-state index in [1.54, 1.807) is 4.68 Å². The first-order valence-corrected chi connectivity index (χ1v) is 8.31. The molecule has 1 aromatic carbocycles. The van der Waals surface area contributed by atoms with Crippen LogP contribution in [0.1, 0.15) is 31.4 Å². The summed E-state index contributed by atoms with van der Waals surface area (Å²) in [6.45, 7) is 6.14. The first-order chi connectivity index (χ1) is 11.3. The molecular formula is C17H22N4O2. The van der Waals surface area contributed by atoms with Crippen LogP contribution in [0.2, 0.25) is 0 Å². The molecule has 2 aromatic rings. The second-order valence-corrected chi connectivity index (χ2v) is 6.15. The zero-order valence-corrected chi connectivity index (χ0v) is 13.4. The van der Waals surface area contributed by atoms with Crippen molar-refractivity contribution in [2.75, 3.05) is 26.3 Å². The minimum Gasteiger partial charge on any atom is -0.461 e. The Balaban J connectivity index is 1.61. The highest BCUT2D eigenvalue weighted by Gasteiger charge is 2.21. The molecule has 1 saturated heterocycles. The summed E-state index contributed by atoms with van der Waals surface area (Å²) >= 11 is 0. The number of nitrogens with zero attached hydrogens (tertiary/aromatic N) is 4. The van der Waals surface area contributed by atoms with Gasteiger partial charge in [0.1, 0.15) is 13.3 Å². The van der Waals surface area contributed by atoms with Crippen LogP contribution >= 0.6 is 0 Å². The number of fused-ring (bicyclic) bond motifs is 1. The van der Waals surface area contributed by atoms with Crippen LogP contribution < -0.4 is 4.74 Å². The standard InChI is InChI=1S/C17H22N4O2/c1-13(20-7-2-3-8-20)14-5-4-6-15(11-14)16-18-17-21(19-16)12-22-9-10-23-17/h4-6,11,13H,2-3,7-10,12H2,1H3. The number of ether oxygens (including phenoxy) is 2. The Kier molecular flexibility index (Phi) is 4.01. The molecule has 1 aromatic heterocycles. The molecule has 122 valence electrons. The lowest BCUT2D eigenvalue weighted by Crippen LogP contribution is -2.23. The Bertz CT molecular complexity index is 655. The van der Waals surface area contributed by atoms with Crippen molar-refractivity contribution in [2.24, 2.45) is 0 Å². The van der Waals surface area contributed by atoms with Gasteiger partial charge in [0.25, 0.3) is 0 Å². The molecule has 6 nitrogen and oxygen atoms in total. The van der Waals surface area contributed by atoms with Gasteiger partial charge in [-0.25, -0.2) is 0 Å². The lowest BCUT2D eigenvalue weighted by atomic mass is 10.0. The van der Waals surface area contributed by atoms with Crippen LogP contribution in [0, 0.1) is 0 Å². The minimum atomic E-state index is 0.395. The predicted molar refractivity (Wildman–Crippen MR) is 86.1 cm³/mol. The molecule has 3 heterocycles. The van der Waals surface area contributed by atoms with Crippen LogP contribution in [0.4, 0.5) is 0 Å². The monoisotopic (exact) mass is 314 g/mol. The third-order valence-corrected chi connectivity index (χ3v) is 4.63. The van der Waals surface area contributed by atoms with Gasteiger partial charge in [-0.3, -0.25) is 4.90 Å². The zero-order valence-electron chi connectivity index (χ0n) is 13.4. The van der Waals surface area contributed by atoms with Crippen LogP contribution in [-0.4, -0.2) is 46.0 Å². The summed E-state index contributed by atoms with van der Waals surface area (Å²) in [4.78, 5) is 7.05. The van der Waals surface area contributed by atoms with Crippen LogP contribution in [-0.2, 0) is 11.5 Å². The number of hydrogen-bond acceptors (Lipinski definition) is 5. The van der Waals surface area contributed by atoms with E-state index >= 15 is 0 Å². The third kappa shape index (κ3) is 2.96. The maximum atomic E-state index is 5.57. The van der Waals surface area contributed by atoms with E-state index in [0.717, 1.165) is 5.56 Å². The van der Waals surface area contributed by atoms with Crippen molar-refractivity contribution in [1.82, 2.24) is 19.7 Å². The van der Waals surface area contributed by atoms with Crippen molar-refractivity contribution < 1.29 is 9.47 Å². The highest BCUT2D eigenvalue weighted by atomic mass is 16.6. The van der Waals surface area contributed by atoms with Gasteiger partial charge in [-0.05, 0) is 44.5 Å². The molecule has 2 aliphatic rings. The lowest BCUT2D eigenvalue weighted by Gasteiger charge is -2.24. The van der Waals surface area contributed by atoms with E-state index in [0.29, 0.717) is 37.8 Å². The first-order valence-electron chi connectivity index (χ1n) is 8.31. The van der Waals surface area contributed by atoms with Gasteiger partial charge in [-0.15, -0.1) is 5.10 Å². The summed E-state index contributed by atoms with van der Waals surface area (Å²) in [5.74, 6) is 0.695. The molecule has 23 heavy (non-hydrogen) atoms. The number of likely N-dealkylation sites (tertiary alicyclic amines) is 1. The maximum absolute atomic E-state index is 5.57. The third-order valence-electron chi connectivity index (χ3n) is 4.63. The Morgan fingerprint density at radius 2 is 2.04 bits per heavy atom. The molecule has 1 atom stereocenters. The fraction of sp³-hybridized carbons (Fsp3) is 0.529. The first kappa shape index (κ1) is 14.7. The second kappa shape index (κ2) is 6.29. The quantitative estimate of drug-likeness (QED) is 0.871. The number of benzene rings is 1. The van der Waals surface area contributed by atoms with Crippen molar-refractivity contribution in [2.45, 2.75) is 32.5 Å². The van der Waals surface area contributed by atoms with E-state index in [2.05, 4.69) is 46.2 Å². The molecule has 1 fully saturated rings. The minimum absolute atomic E-state index is 0.395. The Morgan fingerprint density at radius 1 is 1.17 bits per heavy atom. The molecule has 0 N–H and O–H groups in total. The highest BCUT2D eigenvalue weighted by molar-refractivity contribution is 5.56. The van der Waals surface area contributed by atoms with Gasteiger partial charge in [-0.2, -0.15) is 9.67 Å². The van der Waals surface area contributed by atoms with Gasteiger partial charge in [0, 0.05) is 11.6 Å². The smallest absolute Gasteiger partial charge is 0.317 e. The fourth-order valence-corrected chi connectivity index (χ4v) is 3.26. The van der Waals surface area contributed by atoms with Crippen LogP contribution in [0.15, 0.2) is 24.3 Å². The van der Waals surface area contributed by atoms with Crippen molar-refractivity contribution in [3.63, 3.8) is 0 Å². The van der Waals surface area contributed by atoms with Crippen LogP contribution in [0.3, 0.4) is 0 Å². The summed E-state index contributed by atoms with van der Waals surface area (Å²) in [5, 5.41) is 4.52. The van der Waals surface area contributed by atoms with E-state index in [4.69, 9.17) is 9.47 Å². The largest absolute Gasteiger partial charge is 0.461 e. The molecule has 0 amide bonds. The Morgan fingerprint density at radius 3 is 2.91 bits per heavy atom. The maximum Gasteiger partial charge on any atom is 0.317 e. The fourth-order valence-electron chi connectivity index (χ4n) is 3.26. The van der Waals surface area contributed by atoms with E-state index in [-0.39, 0.29) is 0 Å². The van der Waals surface area contributed by atoms with Gasteiger partial charge < -0.3 is 9.47 Å². The van der Waals surface area contributed by atoms with Gasteiger partial charge >= 0.3 is 6.01 Å². The SMILES string of the molecule is CC(c1cccc(-c2nc3n(n2)COCCO3)c1)N1CCCC1. The van der Waals surface area contributed by atoms with Crippen molar-refractivity contribution in [3.05, 3.63) is 29.8 Å².